The van der Waals surface area contributed by atoms with Crippen LogP contribution in [-0.2, 0) is 6.54 Å². The van der Waals surface area contributed by atoms with Crippen LogP contribution in [0.25, 0.3) is 0 Å². The number of hydrogen-bond acceptors (Lipinski definition) is 4. The molecule has 0 spiro atoms. The molecule has 86 valence electrons. The van der Waals surface area contributed by atoms with E-state index in [1.165, 1.54) is 11.3 Å². The van der Waals surface area contributed by atoms with E-state index in [1.54, 1.807) is 6.20 Å². The average molecular weight is 248 g/mol. The predicted octanol–water partition coefficient (Wildman–Crippen LogP) is 2.23. The number of aromatic nitrogens is 1. The van der Waals surface area contributed by atoms with Gasteiger partial charge in [0.2, 0.25) is 0 Å². The smallest absolute Gasteiger partial charge is 0.113 e. The van der Waals surface area contributed by atoms with Crippen molar-refractivity contribution < 1.29 is 0 Å². The first-order valence-electron chi connectivity index (χ1n) is 4.90. The number of nitrogens with zero attached hydrogens (tertiary/aromatic N) is 2. The highest BCUT2D eigenvalue weighted by Crippen LogP contribution is 2.18. The van der Waals surface area contributed by atoms with Gasteiger partial charge in [-0.25, -0.2) is 4.98 Å². The molecule has 0 aliphatic carbocycles. The number of rotatable bonds is 5. The molecule has 1 N–H and O–H groups in total. The van der Waals surface area contributed by atoms with Crippen LogP contribution >= 0.6 is 22.9 Å². The first-order chi connectivity index (χ1) is 6.92. The van der Waals surface area contributed by atoms with Crippen LogP contribution in [-0.4, -0.2) is 36.1 Å². The van der Waals surface area contributed by atoms with Gasteiger partial charge >= 0.3 is 0 Å². The first-order valence-corrected chi connectivity index (χ1v) is 6.09. The fraction of sp³-hybridized carbons (Fsp3) is 0.700. The molecule has 5 heteroatoms. The van der Waals surface area contributed by atoms with Crippen LogP contribution in [0, 0.1) is 0 Å². The largest absolute Gasteiger partial charge is 0.309 e. The third kappa shape index (κ3) is 4.07. The van der Waals surface area contributed by atoms with Crippen molar-refractivity contribution in [3.63, 3.8) is 0 Å². The normalized spacial score (nSPS) is 12.4. The van der Waals surface area contributed by atoms with Crippen molar-refractivity contribution in [2.75, 3.05) is 20.6 Å². The lowest BCUT2D eigenvalue weighted by Gasteiger charge is -2.32. The van der Waals surface area contributed by atoms with Crippen LogP contribution in [0.5, 0.6) is 0 Å². The second-order valence-corrected chi connectivity index (χ2v) is 6.12. The van der Waals surface area contributed by atoms with E-state index in [2.05, 4.69) is 43.1 Å². The van der Waals surface area contributed by atoms with Gasteiger partial charge in [-0.05, 0) is 27.9 Å². The Morgan fingerprint density at radius 2 is 2.20 bits per heavy atom. The molecule has 0 fully saturated rings. The Morgan fingerprint density at radius 1 is 1.53 bits per heavy atom. The third-order valence-corrected chi connectivity index (χ3v) is 3.68. The summed E-state index contributed by atoms with van der Waals surface area (Å²) in [5, 5.41) is 4.42. The molecule has 1 heterocycles. The van der Waals surface area contributed by atoms with Crippen molar-refractivity contribution in [1.29, 1.82) is 0 Å². The van der Waals surface area contributed by atoms with Gasteiger partial charge < -0.3 is 10.2 Å². The lowest BCUT2D eigenvalue weighted by atomic mass is 10.0. The van der Waals surface area contributed by atoms with Gasteiger partial charge in [-0.15, -0.1) is 11.3 Å². The van der Waals surface area contributed by atoms with Gasteiger partial charge in [-0.2, -0.15) is 0 Å². The minimum atomic E-state index is 0.154. The highest BCUT2D eigenvalue weighted by Gasteiger charge is 2.19. The summed E-state index contributed by atoms with van der Waals surface area (Å²) >= 11 is 7.32. The van der Waals surface area contributed by atoms with Crippen LogP contribution in [0.4, 0.5) is 0 Å². The molecule has 0 bridgehead atoms. The molecule has 3 nitrogen and oxygen atoms in total. The quantitative estimate of drug-likeness (QED) is 0.865. The topological polar surface area (TPSA) is 28.2 Å². The molecule has 0 saturated carbocycles. The number of likely N-dealkylation sites (N-methyl/N-ethyl adjacent to an activating group) is 1. The van der Waals surface area contributed by atoms with Crippen molar-refractivity contribution in [3.8, 4) is 0 Å². The summed E-state index contributed by atoms with van der Waals surface area (Å²) < 4.78 is 0.749. The van der Waals surface area contributed by atoms with E-state index in [-0.39, 0.29) is 5.54 Å². The zero-order chi connectivity index (χ0) is 11.5. The molecule has 1 aromatic heterocycles. The van der Waals surface area contributed by atoms with Gasteiger partial charge in [0.25, 0.3) is 0 Å². The first kappa shape index (κ1) is 12.9. The highest BCUT2D eigenvalue weighted by molar-refractivity contribution is 7.15. The molecule has 0 radical (unpaired) electrons. The Hall–Kier alpha value is -0.160. The molecule has 0 saturated heterocycles. The van der Waals surface area contributed by atoms with Crippen molar-refractivity contribution in [2.45, 2.75) is 25.9 Å². The number of hydrogen-bond donors (Lipinski definition) is 1. The van der Waals surface area contributed by atoms with Crippen molar-refractivity contribution >= 4 is 22.9 Å². The fourth-order valence-corrected chi connectivity index (χ4v) is 1.93. The highest BCUT2D eigenvalue weighted by atomic mass is 35.5. The molecule has 0 atom stereocenters. The number of nitrogens with one attached hydrogen (secondary N) is 1. The van der Waals surface area contributed by atoms with Gasteiger partial charge in [0, 0.05) is 18.6 Å². The van der Waals surface area contributed by atoms with Gasteiger partial charge in [0.1, 0.15) is 9.34 Å². The zero-order valence-corrected chi connectivity index (χ0v) is 11.2. The van der Waals surface area contributed by atoms with E-state index in [4.69, 9.17) is 11.6 Å². The standard InChI is InChI=1S/C10H18ClN3S/c1-10(2,14(3)4)7-12-6-9-13-5-8(11)15-9/h5,12H,6-7H2,1-4H3. The Labute approximate surface area is 100 Å². The second kappa shape index (κ2) is 5.25. The van der Waals surface area contributed by atoms with Crippen LogP contribution in [0.3, 0.4) is 0 Å². The maximum absolute atomic E-state index is 5.80. The van der Waals surface area contributed by atoms with Crippen molar-refractivity contribution in [2.24, 2.45) is 0 Å². The van der Waals surface area contributed by atoms with Crippen molar-refractivity contribution in [1.82, 2.24) is 15.2 Å². The van der Waals surface area contributed by atoms with Crippen LogP contribution < -0.4 is 5.32 Å². The molecular formula is C10H18ClN3S. The lowest BCUT2D eigenvalue weighted by Crippen LogP contribution is -2.46. The predicted molar refractivity (Wildman–Crippen MR) is 66.6 cm³/mol. The van der Waals surface area contributed by atoms with E-state index >= 15 is 0 Å². The second-order valence-electron chi connectivity index (χ2n) is 4.37. The minimum Gasteiger partial charge on any atom is -0.309 e. The van der Waals surface area contributed by atoms with Gasteiger partial charge in [0.05, 0.1) is 6.20 Å². The monoisotopic (exact) mass is 247 g/mol. The summed E-state index contributed by atoms with van der Waals surface area (Å²) in [6.45, 7) is 6.12. The summed E-state index contributed by atoms with van der Waals surface area (Å²) in [6.07, 6.45) is 1.69. The van der Waals surface area contributed by atoms with E-state index in [1.807, 2.05) is 0 Å². The summed E-state index contributed by atoms with van der Waals surface area (Å²) in [6, 6.07) is 0. The molecule has 15 heavy (non-hydrogen) atoms. The van der Waals surface area contributed by atoms with E-state index in [9.17, 15) is 0 Å². The van der Waals surface area contributed by atoms with Crippen molar-refractivity contribution in [3.05, 3.63) is 15.5 Å². The third-order valence-electron chi connectivity index (χ3n) is 2.57. The molecule has 0 unspecified atom stereocenters. The van der Waals surface area contributed by atoms with E-state index in [0.29, 0.717) is 0 Å². The Kier molecular flexibility index (Phi) is 4.52. The summed E-state index contributed by atoms with van der Waals surface area (Å²) in [5.74, 6) is 0. The van der Waals surface area contributed by atoms with E-state index < -0.39 is 0 Å². The van der Waals surface area contributed by atoms with Gasteiger partial charge in [0.15, 0.2) is 0 Å². The zero-order valence-electron chi connectivity index (χ0n) is 9.67. The molecule has 1 rings (SSSR count). The summed E-state index contributed by atoms with van der Waals surface area (Å²) in [4.78, 5) is 6.39. The molecule has 0 aromatic carbocycles. The summed E-state index contributed by atoms with van der Waals surface area (Å²) in [7, 11) is 4.17. The minimum absolute atomic E-state index is 0.154. The molecule has 1 aromatic rings. The number of halogens is 1. The van der Waals surface area contributed by atoms with Gasteiger partial charge in [-0.3, -0.25) is 0 Å². The van der Waals surface area contributed by atoms with E-state index in [0.717, 1.165) is 22.4 Å². The average Bonchev–Trinajstić information content (AvgIpc) is 2.51. The Balaban J connectivity index is 2.33. The SMILES string of the molecule is CN(C)C(C)(C)CNCc1ncc(Cl)s1. The molecular weight excluding hydrogens is 230 g/mol. The molecule has 0 amide bonds. The van der Waals surface area contributed by atoms with Gasteiger partial charge in [-0.1, -0.05) is 11.6 Å². The molecule has 0 aliphatic rings. The Bertz CT molecular complexity index is 309. The maximum Gasteiger partial charge on any atom is 0.113 e. The number of thiazole rings is 1. The van der Waals surface area contributed by atoms with Crippen LogP contribution in [0.15, 0.2) is 6.20 Å². The maximum atomic E-state index is 5.80. The van der Waals surface area contributed by atoms with Crippen LogP contribution in [0.2, 0.25) is 4.34 Å². The summed E-state index contributed by atoms with van der Waals surface area (Å²) in [5.41, 5.74) is 0.154. The Morgan fingerprint density at radius 3 is 2.67 bits per heavy atom. The lowest BCUT2D eigenvalue weighted by molar-refractivity contribution is 0.190. The molecule has 0 aliphatic heterocycles. The van der Waals surface area contributed by atoms with Crippen LogP contribution in [0.1, 0.15) is 18.9 Å². The fourth-order valence-electron chi connectivity index (χ4n) is 1.00.